The van der Waals surface area contributed by atoms with Crippen LogP contribution in [0.2, 0.25) is 0 Å². The van der Waals surface area contributed by atoms with Crippen molar-refractivity contribution < 1.29 is 4.79 Å². The monoisotopic (exact) mass is 279 g/mol. The van der Waals surface area contributed by atoms with Gasteiger partial charge in [-0.05, 0) is 37.6 Å². The van der Waals surface area contributed by atoms with E-state index in [1.807, 2.05) is 67.0 Å². The fraction of sp³-hybridized carbons (Fsp3) is 0.176. The van der Waals surface area contributed by atoms with E-state index in [4.69, 9.17) is 0 Å². The summed E-state index contributed by atoms with van der Waals surface area (Å²) in [5.74, 6) is -0.0769. The molecule has 2 heterocycles. The molecule has 1 N–H and O–H groups in total. The van der Waals surface area contributed by atoms with Crippen molar-refractivity contribution in [3.8, 4) is 0 Å². The van der Waals surface area contributed by atoms with Gasteiger partial charge in [-0.3, -0.25) is 4.79 Å². The molecule has 3 rings (SSSR count). The van der Waals surface area contributed by atoms with Gasteiger partial charge in [0.05, 0.1) is 12.2 Å². The van der Waals surface area contributed by atoms with Gasteiger partial charge in [-0.25, -0.2) is 4.98 Å². The first-order chi connectivity index (χ1) is 10.1. The summed E-state index contributed by atoms with van der Waals surface area (Å²) in [5, 5.41) is 2.90. The molecular formula is C17H17N3O. The van der Waals surface area contributed by atoms with Crippen molar-refractivity contribution in [3.05, 3.63) is 71.2 Å². The zero-order chi connectivity index (χ0) is 14.8. The topological polar surface area (TPSA) is 46.4 Å². The number of nitrogens with zero attached hydrogens (tertiary/aromatic N) is 2. The van der Waals surface area contributed by atoms with Gasteiger partial charge in [-0.15, -0.1) is 0 Å². The standard InChI is InChI=1S/C17H17N3O/c1-12-4-3-5-14(8-12)17(21)18-9-15-11-20-10-13(2)6-7-16(20)19-15/h3-8,10-11H,9H2,1-2H3,(H,18,21). The molecule has 1 amide bonds. The number of aryl methyl sites for hydroxylation is 2. The summed E-state index contributed by atoms with van der Waals surface area (Å²) < 4.78 is 1.98. The van der Waals surface area contributed by atoms with Gasteiger partial charge in [0.25, 0.3) is 5.91 Å². The van der Waals surface area contributed by atoms with Gasteiger partial charge in [0.2, 0.25) is 0 Å². The van der Waals surface area contributed by atoms with Crippen LogP contribution in [-0.2, 0) is 6.54 Å². The van der Waals surface area contributed by atoms with Crippen molar-refractivity contribution >= 4 is 11.6 Å². The van der Waals surface area contributed by atoms with Crippen LogP contribution in [0, 0.1) is 13.8 Å². The van der Waals surface area contributed by atoms with Gasteiger partial charge < -0.3 is 9.72 Å². The third kappa shape index (κ3) is 2.94. The Labute approximate surface area is 123 Å². The maximum Gasteiger partial charge on any atom is 0.251 e. The first-order valence-electron chi connectivity index (χ1n) is 6.91. The number of rotatable bonds is 3. The Hall–Kier alpha value is -2.62. The second kappa shape index (κ2) is 5.40. The predicted octanol–water partition coefficient (Wildman–Crippen LogP) is 2.88. The number of fused-ring (bicyclic) bond motifs is 1. The highest BCUT2D eigenvalue weighted by atomic mass is 16.1. The van der Waals surface area contributed by atoms with Crippen LogP contribution in [0.4, 0.5) is 0 Å². The van der Waals surface area contributed by atoms with Crippen LogP contribution in [0.3, 0.4) is 0 Å². The molecule has 0 saturated carbocycles. The molecular weight excluding hydrogens is 262 g/mol. The first kappa shape index (κ1) is 13.4. The van der Waals surface area contributed by atoms with E-state index in [0.29, 0.717) is 12.1 Å². The summed E-state index contributed by atoms with van der Waals surface area (Å²) >= 11 is 0. The fourth-order valence-corrected chi connectivity index (χ4v) is 2.30. The van der Waals surface area contributed by atoms with E-state index in [-0.39, 0.29) is 5.91 Å². The number of carbonyl (C=O) groups excluding carboxylic acids is 1. The van der Waals surface area contributed by atoms with Crippen LogP contribution in [0.25, 0.3) is 5.65 Å². The SMILES string of the molecule is Cc1cccc(C(=O)NCc2cn3cc(C)ccc3n2)c1. The minimum absolute atomic E-state index is 0.0769. The molecule has 4 nitrogen and oxygen atoms in total. The van der Waals surface area contributed by atoms with Gasteiger partial charge in [0, 0.05) is 18.0 Å². The summed E-state index contributed by atoms with van der Waals surface area (Å²) in [4.78, 5) is 16.6. The molecule has 3 aromatic rings. The van der Waals surface area contributed by atoms with Crippen LogP contribution in [-0.4, -0.2) is 15.3 Å². The predicted molar refractivity (Wildman–Crippen MR) is 82.3 cm³/mol. The van der Waals surface area contributed by atoms with E-state index in [1.165, 1.54) is 5.56 Å². The highest BCUT2D eigenvalue weighted by Crippen LogP contribution is 2.08. The molecule has 0 spiro atoms. The number of pyridine rings is 1. The van der Waals surface area contributed by atoms with Crippen LogP contribution < -0.4 is 5.32 Å². The molecule has 0 fully saturated rings. The molecule has 0 aliphatic carbocycles. The van der Waals surface area contributed by atoms with Gasteiger partial charge in [0.15, 0.2) is 0 Å². The Kier molecular flexibility index (Phi) is 3.44. The lowest BCUT2D eigenvalue weighted by Crippen LogP contribution is -2.22. The Morgan fingerprint density at radius 1 is 1.14 bits per heavy atom. The molecule has 4 heteroatoms. The third-order valence-corrected chi connectivity index (χ3v) is 3.36. The average Bonchev–Trinajstić information content (AvgIpc) is 2.86. The minimum atomic E-state index is -0.0769. The maximum atomic E-state index is 12.1. The molecule has 2 aromatic heterocycles. The lowest BCUT2D eigenvalue weighted by atomic mass is 10.1. The van der Waals surface area contributed by atoms with E-state index in [2.05, 4.69) is 10.3 Å². The minimum Gasteiger partial charge on any atom is -0.346 e. The lowest BCUT2D eigenvalue weighted by molar-refractivity contribution is 0.0950. The Balaban J connectivity index is 1.72. The van der Waals surface area contributed by atoms with Gasteiger partial charge >= 0.3 is 0 Å². The number of hydrogen-bond donors (Lipinski definition) is 1. The zero-order valence-electron chi connectivity index (χ0n) is 12.1. The van der Waals surface area contributed by atoms with Crippen LogP contribution in [0.15, 0.2) is 48.8 Å². The second-order valence-electron chi connectivity index (χ2n) is 5.26. The number of aromatic nitrogens is 2. The van der Waals surface area contributed by atoms with E-state index < -0.39 is 0 Å². The van der Waals surface area contributed by atoms with Gasteiger partial charge in [-0.2, -0.15) is 0 Å². The Morgan fingerprint density at radius 3 is 2.81 bits per heavy atom. The summed E-state index contributed by atoms with van der Waals surface area (Å²) in [6, 6.07) is 11.6. The number of carbonyl (C=O) groups is 1. The largest absolute Gasteiger partial charge is 0.346 e. The maximum absolute atomic E-state index is 12.1. The molecule has 0 aliphatic heterocycles. The van der Waals surface area contributed by atoms with Crippen molar-refractivity contribution in [3.63, 3.8) is 0 Å². The highest BCUT2D eigenvalue weighted by Gasteiger charge is 2.07. The molecule has 0 radical (unpaired) electrons. The van der Waals surface area contributed by atoms with Crippen LogP contribution >= 0.6 is 0 Å². The van der Waals surface area contributed by atoms with E-state index in [9.17, 15) is 4.79 Å². The van der Waals surface area contributed by atoms with Crippen LogP contribution in [0.1, 0.15) is 27.2 Å². The summed E-state index contributed by atoms with van der Waals surface area (Å²) in [6.07, 6.45) is 3.97. The number of imidazole rings is 1. The normalized spacial score (nSPS) is 10.8. The van der Waals surface area contributed by atoms with Crippen molar-refractivity contribution in [2.45, 2.75) is 20.4 Å². The third-order valence-electron chi connectivity index (χ3n) is 3.36. The van der Waals surface area contributed by atoms with E-state index in [1.54, 1.807) is 0 Å². The molecule has 0 unspecified atom stereocenters. The molecule has 0 saturated heterocycles. The smallest absolute Gasteiger partial charge is 0.251 e. The number of amides is 1. The quantitative estimate of drug-likeness (QED) is 0.801. The fourth-order valence-electron chi connectivity index (χ4n) is 2.30. The number of nitrogens with one attached hydrogen (secondary N) is 1. The lowest BCUT2D eigenvalue weighted by Gasteiger charge is -2.03. The molecule has 0 atom stereocenters. The number of benzene rings is 1. The van der Waals surface area contributed by atoms with Gasteiger partial charge in [-0.1, -0.05) is 23.8 Å². The zero-order valence-corrected chi connectivity index (χ0v) is 12.1. The van der Waals surface area contributed by atoms with Crippen molar-refractivity contribution in [2.75, 3.05) is 0 Å². The summed E-state index contributed by atoms with van der Waals surface area (Å²) in [6.45, 7) is 4.44. The van der Waals surface area contributed by atoms with Crippen molar-refractivity contribution in [1.82, 2.24) is 14.7 Å². The van der Waals surface area contributed by atoms with E-state index >= 15 is 0 Å². The first-order valence-corrected chi connectivity index (χ1v) is 6.91. The molecule has 1 aromatic carbocycles. The van der Waals surface area contributed by atoms with Gasteiger partial charge in [0.1, 0.15) is 5.65 Å². The van der Waals surface area contributed by atoms with Crippen LogP contribution in [0.5, 0.6) is 0 Å². The Bertz CT molecular complexity index is 805. The van der Waals surface area contributed by atoms with Crippen molar-refractivity contribution in [1.29, 1.82) is 0 Å². The second-order valence-corrected chi connectivity index (χ2v) is 5.26. The number of hydrogen-bond acceptors (Lipinski definition) is 2. The molecule has 0 aliphatic rings. The molecule has 106 valence electrons. The van der Waals surface area contributed by atoms with Crippen molar-refractivity contribution in [2.24, 2.45) is 0 Å². The average molecular weight is 279 g/mol. The molecule has 0 bridgehead atoms. The highest BCUT2D eigenvalue weighted by molar-refractivity contribution is 5.94. The molecule has 21 heavy (non-hydrogen) atoms. The summed E-state index contributed by atoms with van der Waals surface area (Å²) in [5.41, 5.74) is 4.66. The summed E-state index contributed by atoms with van der Waals surface area (Å²) in [7, 11) is 0. The van der Waals surface area contributed by atoms with E-state index in [0.717, 1.165) is 16.9 Å². The Morgan fingerprint density at radius 2 is 2.00 bits per heavy atom.